The number of rotatable bonds is 8. The lowest BCUT2D eigenvalue weighted by Crippen LogP contribution is -2.26. The maximum atomic E-state index is 11.7. The second-order valence-corrected chi connectivity index (χ2v) is 5.86. The molecule has 6 nitrogen and oxygen atoms in total. The van der Waals surface area contributed by atoms with Crippen LogP contribution in [0.4, 0.5) is 5.69 Å². The van der Waals surface area contributed by atoms with Crippen molar-refractivity contribution in [2.24, 2.45) is 0 Å². The number of benzene rings is 2. The molecule has 0 aromatic heterocycles. The summed E-state index contributed by atoms with van der Waals surface area (Å²) in [7, 11) is 0. The van der Waals surface area contributed by atoms with Crippen molar-refractivity contribution in [3.63, 3.8) is 0 Å². The largest absolute Gasteiger partial charge is 0.456 e. The van der Waals surface area contributed by atoms with Crippen molar-refractivity contribution >= 4 is 29.5 Å². The molecule has 2 amide bonds. The number of nitrogens with one attached hydrogen (secondary N) is 2. The van der Waals surface area contributed by atoms with Crippen LogP contribution in [-0.4, -0.2) is 30.9 Å². The van der Waals surface area contributed by atoms with Gasteiger partial charge in [-0.05, 0) is 30.7 Å². The fourth-order valence-corrected chi connectivity index (χ4v) is 2.13. The molecule has 0 spiro atoms. The van der Waals surface area contributed by atoms with E-state index in [1.807, 2.05) is 49.4 Å². The Morgan fingerprint density at radius 2 is 1.70 bits per heavy atom. The summed E-state index contributed by atoms with van der Waals surface area (Å²) < 4.78 is 4.89. The molecule has 2 aromatic carbocycles. The molecule has 0 atom stereocenters. The van der Waals surface area contributed by atoms with Crippen LogP contribution in [0.2, 0.25) is 0 Å². The molecule has 0 aliphatic carbocycles. The highest BCUT2D eigenvalue weighted by Crippen LogP contribution is 2.08. The lowest BCUT2D eigenvalue weighted by molar-refractivity contribution is -0.147. The molecule has 0 heterocycles. The molecular weight excluding hydrogens is 344 g/mol. The van der Waals surface area contributed by atoms with E-state index in [2.05, 4.69) is 10.6 Å². The van der Waals surface area contributed by atoms with Crippen LogP contribution >= 0.6 is 0 Å². The van der Waals surface area contributed by atoms with E-state index in [0.29, 0.717) is 5.69 Å². The number of hydrogen-bond acceptors (Lipinski definition) is 4. The van der Waals surface area contributed by atoms with Gasteiger partial charge in [-0.1, -0.05) is 48.0 Å². The van der Waals surface area contributed by atoms with E-state index in [9.17, 15) is 14.4 Å². The molecule has 2 aromatic rings. The van der Waals surface area contributed by atoms with Gasteiger partial charge in [0.1, 0.15) is 0 Å². The summed E-state index contributed by atoms with van der Waals surface area (Å²) in [5.74, 6) is -1.27. The van der Waals surface area contributed by atoms with Gasteiger partial charge < -0.3 is 15.4 Å². The smallest absolute Gasteiger partial charge is 0.308 e. The molecule has 27 heavy (non-hydrogen) atoms. The summed E-state index contributed by atoms with van der Waals surface area (Å²) in [5, 5.41) is 5.23. The first-order valence-electron chi connectivity index (χ1n) is 8.56. The lowest BCUT2D eigenvalue weighted by Gasteiger charge is -2.07. The molecule has 0 saturated carbocycles. The average Bonchev–Trinajstić information content (AvgIpc) is 2.67. The van der Waals surface area contributed by atoms with Crippen molar-refractivity contribution < 1.29 is 19.1 Å². The average molecular weight is 366 g/mol. The summed E-state index contributed by atoms with van der Waals surface area (Å²) in [4.78, 5) is 35.0. The molecule has 0 aliphatic heterocycles. The van der Waals surface area contributed by atoms with Gasteiger partial charge in [0.25, 0.3) is 5.91 Å². The Morgan fingerprint density at radius 1 is 1.00 bits per heavy atom. The van der Waals surface area contributed by atoms with Crippen LogP contribution in [0.25, 0.3) is 6.08 Å². The minimum atomic E-state index is -0.554. The van der Waals surface area contributed by atoms with Gasteiger partial charge in [-0.25, -0.2) is 0 Å². The summed E-state index contributed by atoms with van der Waals surface area (Å²) in [6, 6.07) is 16.7. The van der Waals surface area contributed by atoms with Crippen molar-refractivity contribution in [2.75, 3.05) is 18.5 Å². The van der Waals surface area contributed by atoms with E-state index in [4.69, 9.17) is 4.74 Å². The van der Waals surface area contributed by atoms with Crippen molar-refractivity contribution in [1.29, 1.82) is 0 Å². The molecule has 6 heteroatoms. The van der Waals surface area contributed by atoms with Gasteiger partial charge in [0.2, 0.25) is 5.91 Å². The number of esters is 1. The van der Waals surface area contributed by atoms with E-state index >= 15 is 0 Å². The van der Waals surface area contributed by atoms with Crippen LogP contribution in [0.15, 0.2) is 60.7 Å². The molecule has 0 radical (unpaired) electrons. The minimum Gasteiger partial charge on any atom is -0.456 e. The van der Waals surface area contributed by atoms with E-state index in [0.717, 1.165) is 11.1 Å². The lowest BCUT2D eigenvalue weighted by atomic mass is 10.2. The van der Waals surface area contributed by atoms with Gasteiger partial charge in [0.15, 0.2) is 6.61 Å². The van der Waals surface area contributed by atoms with E-state index in [-0.39, 0.29) is 25.5 Å². The second kappa shape index (κ2) is 10.6. The zero-order valence-corrected chi connectivity index (χ0v) is 15.1. The van der Waals surface area contributed by atoms with Crippen LogP contribution < -0.4 is 10.6 Å². The van der Waals surface area contributed by atoms with Gasteiger partial charge in [0, 0.05) is 18.3 Å². The zero-order chi connectivity index (χ0) is 19.5. The molecule has 0 fully saturated rings. The van der Waals surface area contributed by atoms with Crippen molar-refractivity contribution in [2.45, 2.75) is 13.3 Å². The second-order valence-electron chi connectivity index (χ2n) is 5.86. The number of anilines is 1. The number of carbonyl (C=O) groups is 3. The molecular formula is C21H22N2O4. The molecule has 2 rings (SSSR count). The number of amides is 2. The third-order valence-electron chi connectivity index (χ3n) is 3.55. The highest BCUT2D eigenvalue weighted by atomic mass is 16.5. The molecule has 140 valence electrons. The zero-order valence-electron chi connectivity index (χ0n) is 15.1. The summed E-state index contributed by atoms with van der Waals surface area (Å²) in [5.41, 5.74) is 2.63. The number of hydrogen-bond donors (Lipinski definition) is 2. The quantitative estimate of drug-likeness (QED) is 0.556. The first-order chi connectivity index (χ1) is 13.0. The van der Waals surface area contributed by atoms with Crippen LogP contribution in [0.3, 0.4) is 0 Å². The van der Waals surface area contributed by atoms with E-state index in [1.54, 1.807) is 18.2 Å². The van der Waals surface area contributed by atoms with Crippen LogP contribution in [0, 0.1) is 6.92 Å². The fourth-order valence-electron chi connectivity index (χ4n) is 2.13. The summed E-state index contributed by atoms with van der Waals surface area (Å²) in [6.07, 6.45) is 3.07. The standard InChI is InChI=1S/C21H22N2O4/c1-16-7-10-18(11-8-16)23-20(25)15-27-21(26)13-14-22-19(24)12-9-17-5-3-2-4-6-17/h2-12H,13-15H2,1H3,(H,22,24)(H,23,25)/b12-9+. The van der Waals surface area contributed by atoms with Gasteiger partial charge in [0.05, 0.1) is 6.42 Å². The maximum Gasteiger partial charge on any atom is 0.308 e. The molecule has 0 bridgehead atoms. The van der Waals surface area contributed by atoms with Crippen molar-refractivity contribution in [1.82, 2.24) is 5.32 Å². The Labute approximate surface area is 158 Å². The number of carbonyl (C=O) groups excluding carboxylic acids is 3. The van der Waals surface area contributed by atoms with Gasteiger partial charge in [-0.3, -0.25) is 14.4 Å². The Bertz CT molecular complexity index is 799. The number of aryl methyl sites for hydroxylation is 1. The molecule has 2 N–H and O–H groups in total. The normalized spacial score (nSPS) is 10.4. The Hall–Kier alpha value is -3.41. The summed E-state index contributed by atoms with van der Waals surface area (Å²) in [6.45, 7) is 1.72. The maximum absolute atomic E-state index is 11.7. The van der Waals surface area contributed by atoms with Crippen molar-refractivity contribution in [3.8, 4) is 0 Å². The predicted molar refractivity (Wildman–Crippen MR) is 104 cm³/mol. The third kappa shape index (κ3) is 8.00. The first kappa shape index (κ1) is 19.9. The van der Waals surface area contributed by atoms with Gasteiger partial charge in [-0.2, -0.15) is 0 Å². The number of ether oxygens (including phenoxy) is 1. The van der Waals surface area contributed by atoms with Crippen molar-refractivity contribution in [3.05, 3.63) is 71.8 Å². The Balaban J connectivity index is 1.61. The van der Waals surface area contributed by atoms with E-state index < -0.39 is 11.9 Å². The highest BCUT2D eigenvalue weighted by Gasteiger charge is 2.08. The topological polar surface area (TPSA) is 84.5 Å². The van der Waals surface area contributed by atoms with Gasteiger partial charge in [-0.15, -0.1) is 0 Å². The van der Waals surface area contributed by atoms with Crippen LogP contribution in [0.1, 0.15) is 17.5 Å². The summed E-state index contributed by atoms with van der Waals surface area (Å²) >= 11 is 0. The van der Waals surface area contributed by atoms with Crippen LogP contribution in [0.5, 0.6) is 0 Å². The Kier molecular flexibility index (Phi) is 7.78. The molecule has 0 saturated heterocycles. The Morgan fingerprint density at radius 3 is 2.41 bits per heavy atom. The molecule has 0 aliphatic rings. The third-order valence-corrected chi connectivity index (χ3v) is 3.55. The molecule has 0 unspecified atom stereocenters. The monoisotopic (exact) mass is 366 g/mol. The SMILES string of the molecule is Cc1ccc(NC(=O)COC(=O)CCNC(=O)/C=C/c2ccccc2)cc1. The van der Waals surface area contributed by atoms with E-state index in [1.165, 1.54) is 6.08 Å². The fraction of sp³-hybridized carbons (Fsp3) is 0.190. The highest BCUT2D eigenvalue weighted by molar-refractivity contribution is 5.93. The van der Waals surface area contributed by atoms with Crippen LogP contribution in [-0.2, 0) is 19.1 Å². The van der Waals surface area contributed by atoms with Gasteiger partial charge >= 0.3 is 5.97 Å². The minimum absolute atomic E-state index is 0.0112. The predicted octanol–water partition coefficient (Wildman–Crippen LogP) is 2.70. The first-order valence-corrected chi connectivity index (χ1v) is 8.56.